The molecule has 21 heavy (non-hydrogen) atoms. The monoisotopic (exact) mass is 291 g/mol. The van der Waals surface area contributed by atoms with Gasteiger partial charge in [0.25, 0.3) is 0 Å². The molecule has 0 saturated carbocycles. The van der Waals surface area contributed by atoms with E-state index in [2.05, 4.69) is 19.2 Å². The first-order valence-corrected chi connectivity index (χ1v) is 7.50. The minimum atomic E-state index is -0.948. The van der Waals surface area contributed by atoms with Crippen LogP contribution in [0.3, 0.4) is 0 Å². The van der Waals surface area contributed by atoms with E-state index >= 15 is 0 Å². The van der Waals surface area contributed by atoms with Gasteiger partial charge in [-0.05, 0) is 43.7 Å². The number of hydrogen-bond acceptors (Lipinski definition) is 2. The molecule has 0 aliphatic carbocycles. The van der Waals surface area contributed by atoms with Gasteiger partial charge in [0.2, 0.25) is 5.91 Å². The molecule has 4 heteroatoms. The molecule has 0 aliphatic rings. The van der Waals surface area contributed by atoms with Crippen molar-refractivity contribution in [2.24, 2.45) is 5.92 Å². The summed E-state index contributed by atoms with van der Waals surface area (Å²) in [5.41, 5.74) is 0.980. The quantitative estimate of drug-likeness (QED) is 0.772. The van der Waals surface area contributed by atoms with E-state index in [0.717, 1.165) is 12.8 Å². The minimum Gasteiger partial charge on any atom is -0.478 e. The summed E-state index contributed by atoms with van der Waals surface area (Å²) in [5, 5.41) is 12.1. The zero-order valence-electron chi connectivity index (χ0n) is 13.1. The molecule has 0 fully saturated rings. The fraction of sp³-hybridized carbons (Fsp3) is 0.529. The lowest BCUT2D eigenvalue weighted by molar-refractivity contribution is -0.121. The van der Waals surface area contributed by atoms with Crippen molar-refractivity contribution in [2.75, 3.05) is 0 Å². The zero-order chi connectivity index (χ0) is 15.8. The van der Waals surface area contributed by atoms with Crippen LogP contribution < -0.4 is 5.32 Å². The SMILES string of the molecule is CC(C)CCC(C)NC(=O)CCc1ccccc1C(=O)O. The molecule has 0 spiro atoms. The van der Waals surface area contributed by atoms with Crippen LogP contribution in [0.15, 0.2) is 24.3 Å². The van der Waals surface area contributed by atoms with Gasteiger partial charge in [0.05, 0.1) is 5.56 Å². The maximum atomic E-state index is 11.9. The number of aromatic carboxylic acids is 1. The maximum absolute atomic E-state index is 11.9. The summed E-state index contributed by atoms with van der Waals surface area (Å²) in [6.45, 7) is 6.33. The number of aryl methyl sites for hydroxylation is 1. The molecule has 0 radical (unpaired) electrons. The fourth-order valence-electron chi connectivity index (χ4n) is 2.20. The maximum Gasteiger partial charge on any atom is 0.335 e. The van der Waals surface area contributed by atoms with Gasteiger partial charge in [0.15, 0.2) is 0 Å². The van der Waals surface area contributed by atoms with Crippen LogP contribution in [0, 0.1) is 5.92 Å². The van der Waals surface area contributed by atoms with Gasteiger partial charge < -0.3 is 10.4 Å². The van der Waals surface area contributed by atoms with E-state index in [1.807, 2.05) is 6.92 Å². The molecule has 1 rings (SSSR count). The summed E-state index contributed by atoms with van der Waals surface area (Å²) in [7, 11) is 0. The summed E-state index contributed by atoms with van der Waals surface area (Å²) in [5.74, 6) is -0.338. The number of hydrogen-bond donors (Lipinski definition) is 2. The molecule has 1 atom stereocenters. The highest BCUT2D eigenvalue weighted by molar-refractivity contribution is 5.89. The van der Waals surface area contributed by atoms with Crippen LogP contribution in [0.2, 0.25) is 0 Å². The smallest absolute Gasteiger partial charge is 0.335 e. The van der Waals surface area contributed by atoms with Crippen molar-refractivity contribution in [3.63, 3.8) is 0 Å². The van der Waals surface area contributed by atoms with Crippen molar-refractivity contribution in [1.82, 2.24) is 5.32 Å². The Kier molecular flexibility index (Phi) is 6.92. The summed E-state index contributed by atoms with van der Waals surface area (Å²) >= 11 is 0. The van der Waals surface area contributed by atoms with Gasteiger partial charge in [0, 0.05) is 12.5 Å². The van der Waals surface area contributed by atoms with E-state index in [1.54, 1.807) is 24.3 Å². The minimum absolute atomic E-state index is 0.0218. The van der Waals surface area contributed by atoms with E-state index in [9.17, 15) is 9.59 Å². The molecule has 0 heterocycles. The third-order valence-electron chi connectivity index (χ3n) is 3.45. The second-order valence-corrected chi connectivity index (χ2v) is 5.90. The molecule has 1 unspecified atom stereocenters. The molecular formula is C17H25NO3. The Bertz CT molecular complexity index is 483. The lowest BCUT2D eigenvalue weighted by atomic mass is 10.0. The number of carboxylic acids is 1. The normalized spacial score (nSPS) is 12.2. The molecule has 116 valence electrons. The fourth-order valence-corrected chi connectivity index (χ4v) is 2.20. The van der Waals surface area contributed by atoms with E-state index in [4.69, 9.17) is 5.11 Å². The molecule has 2 N–H and O–H groups in total. The number of carboxylic acid groups (broad SMARTS) is 1. The van der Waals surface area contributed by atoms with Gasteiger partial charge in [0.1, 0.15) is 0 Å². The van der Waals surface area contributed by atoms with Crippen LogP contribution in [0.5, 0.6) is 0 Å². The number of carbonyl (C=O) groups is 2. The predicted molar refractivity (Wildman–Crippen MR) is 83.4 cm³/mol. The summed E-state index contributed by atoms with van der Waals surface area (Å²) in [6, 6.07) is 6.99. The van der Waals surface area contributed by atoms with Crippen molar-refractivity contribution < 1.29 is 14.7 Å². The van der Waals surface area contributed by atoms with E-state index in [-0.39, 0.29) is 17.5 Å². The second-order valence-electron chi connectivity index (χ2n) is 5.90. The Hall–Kier alpha value is -1.84. The Labute approximate surface area is 126 Å². The number of benzene rings is 1. The molecular weight excluding hydrogens is 266 g/mol. The van der Waals surface area contributed by atoms with Crippen molar-refractivity contribution in [1.29, 1.82) is 0 Å². The standard InChI is InChI=1S/C17H25NO3/c1-12(2)8-9-13(3)18-16(19)11-10-14-6-4-5-7-15(14)17(20)21/h4-7,12-13H,8-11H2,1-3H3,(H,18,19)(H,20,21). The highest BCUT2D eigenvalue weighted by atomic mass is 16.4. The van der Waals surface area contributed by atoms with Gasteiger partial charge in [-0.15, -0.1) is 0 Å². The first kappa shape index (κ1) is 17.2. The van der Waals surface area contributed by atoms with Crippen molar-refractivity contribution in [3.05, 3.63) is 35.4 Å². The molecule has 0 saturated heterocycles. The Morgan fingerprint density at radius 2 is 1.81 bits per heavy atom. The summed E-state index contributed by atoms with van der Waals surface area (Å²) in [4.78, 5) is 23.0. The Balaban J connectivity index is 2.45. The molecule has 1 aromatic carbocycles. The zero-order valence-corrected chi connectivity index (χ0v) is 13.1. The van der Waals surface area contributed by atoms with E-state index in [0.29, 0.717) is 24.3 Å². The van der Waals surface area contributed by atoms with Crippen LogP contribution in [0.1, 0.15) is 56.0 Å². The van der Waals surface area contributed by atoms with Crippen LogP contribution in [0.4, 0.5) is 0 Å². The molecule has 0 aliphatic heterocycles. The Morgan fingerprint density at radius 3 is 2.43 bits per heavy atom. The topological polar surface area (TPSA) is 66.4 Å². The Morgan fingerprint density at radius 1 is 1.14 bits per heavy atom. The van der Waals surface area contributed by atoms with Crippen molar-refractivity contribution in [3.8, 4) is 0 Å². The molecule has 0 bridgehead atoms. The molecule has 1 amide bonds. The number of amides is 1. The van der Waals surface area contributed by atoms with Gasteiger partial charge in [-0.25, -0.2) is 4.79 Å². The van der Waals surface area contributed by atoms with Crippen LogP contribution in [0.25, 0.3) is 0 Å². The van der Waals surface area contributed by atoms with Gasteiger partial charge in [-0.1, -0.05) is 32.0 Å². The van der Waals surface area contributed by atoms with E-state index < -0.39 is 5.97 Å². The number of rotatable bonds is 8. The van der Waals surface area contributed by atoms with Gasteiger partial charge in [-0.2, -0.15) is 0 Å². The molecule has 1 aromatic rings. The summed E-state index contributed by atoms with van der Waals surface area (Å²) < 4.78 is 0. The molecule has 4 nitrogen and oxygen atoms in total. The highest BCUT2D eigenvalue weighted by Crippen LogP contribution is 2.11. The predicted octanol–water partition coefficient (Wildman–Crippen LogP) is 3.26. The van der Waals surface area contributed by atoms with Crippen LogP contribution >= 0.6 is 0 Å². The third kappa shape index (κ3) is 6.43. The average Bonchev–Trinajstić information content (AvgIpc) is 2.43. The number of nitrogens with one attached hydrogen (secondary N) is 1. The number of carbonyl (C=O) groups excluding carboxylic acids is 1. The second kappa shape index (κ2) is 8.45. The average molecular weight is 291 g/mol. The first-order chi connectivity index (χ1) is 9.90. The third-order valence-corrected chi connectivity index (χ3v) is 3.45. The van der Waals surface area contributed by atoms with Gasteiger partial charge in [-0.3, -0.25) is 4.79 Å². The molecule has 0 aromatic heterocycles. The highest BCUT2D eigenvalue weighted by Gasteiger charge is 2.12. The van der Waals surface area contributed by atoms with Gasteiger partial charge >= 0.3 is 5.97 Å². The van der Waals surface area contributed by atoms with Crippen molar-refractivity contribution >= 4 is 11.9 Å². The van der Waals surface area contributed by atoms with Crippen LogP contribution in [-0.2, 0) is 11.2 Å². The largest absolute Gasteiger partial charge is 0.478 e. The van der Waals surface area contributed by atoms with E-state index in [1.165, 1.54) is 0 Å². The first-order valence-electron chi connectivity index (χ1n) is 7.50. The van der Waals surface area contributed by atoms with Crippen molar-refractivity contribution in [2.45, 2.75) is 52.5 Å². The van der Waals surface area contributed by atoms with Crippen LogP contribution in [-0.4, -0.2) is 23.0 Å². The summed E-state index contributed by atoms with van der Waals surface area (Å²) in [6.07, 6.45) is 2.82. The lowest BCUT2D eigenvalue weighted by Gasteiger charge is -2.15. The lowest BCUT2D eigenvalue weighted by Crippen LogP contribution is -2.32.